The van der Waals surface area contributed by atoms with Crippen LogP contribution in [0.4, 0.5) is 8.78 Å². The van der Waals surface area contributed by atoms with Gasteiger partial charge in [-0.2, -0.15) is 8.78 Å². The number of halogens is 2. The number of pyridine rings is 1. The highest BCUT2D eigenvalue weighted by atomic mass is 19.3. The van der Waals surface area contributed by atoms with Crippen molar-refractivity contribution in [1.82, 2.24) is 10.3 Å². The van der Waals surface area contributed by atoms with E-state index < -0.39 is 6.61 Å². The number of nitrogens with one attached hydrogen (secondary N) is 1. The van der Waals surface area contributed by atoms with Crippen LogP contribution in [0.1, 0.15) is 29.7 Å². The molecule has 21 heavy (non-hydrogen) atoms. The molecule has 1 aromatic carbocycles. The summed E-state index contributed by atoms with van der Waals surface area (Å²) in [6.45, 7) is 1.93. The van der Waals surface area contributed by atoms with E-state index in [-0.39, 0.29) is 11.8 Å². The fraction of sp³-hybridized carbons (Fsp3) is 0.312. The maximum Gasteiger partial charge on any atom is 0.387 e. The monoisotopic (exact) mass is 292 g/mol. The third-order valence-electron chi connectivity index (χ3n) is 3.22. The van der Waals surface area contributed by atoms with Crippen molar-refractivity contribution in [1.29, 1.82) is 0 Å². The average molecular weight is 292 g/mol. The molecule has 0 bridgehead atoms. The van der Waals surface area contributed by atoms with E-state index in [0.29, 0.717) is 0 Å². The van der Waals surface area contributed by atoms with Crippen LogP contribution in [0.5, 0.6) is 5.75 Å². The highest BCUT2D eigenvalue weighted by molar-refractivity contribution is 5.38. The van der Waals surface area contributed by atoms with Crippen molar-refractivity contribution in [2.45, 2.75) is 26.5 Å². The van der Waals surface area contributed by atoms with Gasteiger partial charge >= 0.3 is 6.61 Å². The molecule has 0 fully saturated rings. The van der Waals surface area contributed by atoms with Crippen LogP contribution >= 0.6 is 0 Å². The van der Waals surface area contributed by atoms with E-state index >= 15 is 0 Å². The van der Waals surface area contributed by atoms with Crippen molar-refractivity contribution in [2.75, 3.05) is 6.54 Å². The van der Waals surface area contributed by atoms with E-state index in [2.05, 4.69) is 15.0 Å². The number of aromatic nitrogens is 1. The minimum atomic E-state index is -2.82. The summed E-state index contributed by atoms with van der Waals surface area (Å²) in [5.74, 6) is 0.159. The van der Waals surface area contributed by atoms with Gasteiger partial charge in [0.25, 0.3) is 0 Å². The van der Waals surface area contributed by atoms with Crippen molar-refractivity contribution in [2.24, 2.45) is 0 Å². The molecule has 0 saturated carbocycles. The third kappa shape index (κ3) is 3.98. The smallest absolute Gasteiger partial charge is 0.387 e. The summed E-state index contributed by atoms with van der Waals surface area (Å²) in [4.78, 5) is 4.15. The normalized spacial score (nSPS) is 12.4. The van der Waals surface area contributed by atoms with Gasteiger partial charge in [0.05, 0.1) is 6.04 Å². The Morgan fingerprint density at radius 1 is 1.29 bits per heavy atom. The lowest BCUT2D eigenvalue weighted by Crippen LogP contribution is -2.23. The number of alkyl halides is 2. The molecule has 0 aliphatic carbocycles. The van der Waals surface area contributed by atoms with Crippen molar-refractivity contribution < 1.29 is 13.5 Å². The summed E-state index contributed by atoms with van der Waals surface area (Å²) in [6, 6.07) is 8.58. The number of benzene rings is 1. The Balaban J connectivity index is 2.36. The first kappa shape index (κ1) is 15.4. The summed E-state index contributed by atoms with van der Waals surface area (Å²) in [7, 11) is 0. The maximum absolute atomic E-state index is 12.3. The van der Waals surface area contributed by atoms with Crippen LogP contribution in [0.25, 0.3) is 0 Å². The van der Waals surface area contributed by atoms with Gasteiger partial charge in [-0.25, -0.2) is 0 Å². The molecule has 3 nitrogen and oxygen atoms in total. The molecule has 0 amide bonds. The highest BCUT2D eigenvalue weighted by Gasteiger charge is 2.16. The van der Waals surface area contributed by atoms with Gasteiger partial charge in [-0.15, -0.1) is 0 Å². The van der Waals surface area contributed by atoms with Gasteiger partial charge in [-0.05, 0) is 48.4 Å². The molecule has 5 heteroatoms. The molecular formula is C16H18F2N2O. The van der Waals surface area contributed by atoms with E-state index in [1.807, 2.05) is 26.0 Å². The van der Waals surface area contributed by atoms with Gasteiger partial charge in [0.15, 0.2) is 0 Å². The molecule has 1 unspecified atom stereocenters. The second-order valence-electron chi connectivity index (χ2n) is 4.67. The molecule has 2 rings (SSSR count). The van der Waals surface area contributed by atoms with E-state index in [1.165, 1.54) is 6.07 Å². The Morgan fingerprint density at radius 3 is 2.76 bits per heavy atom. The Bertz CT molecular complexity index is 590. The van der Waals surface area contributed by atoms with Crippen LogP contribution in [-0.2, 0) is 0 Å². The zero-order chi connectivity index (χ0) is 15.2. The molecule has 112 valence electrons. The van der Waals surface area contributed by atoms with Gasteiger partial charge in [-0.1, -0.05) is 19.1 Å². The van der Waals surface area contributed by atoms with Crippen molar-refractivity contribution >= 4 is 0 Å². The number of rotatable bonds is 6. The SMILES string of the molecule is CCNC(c1cccc(OC(F)F)c1)c1cnccc1C. The Morgan fingerprint density at radius 2 is 2.10 bits per heavy atom. The largest absolute Gasteiger partial charge is 0.435 e. The molecule has 1 aromatic heterocycles. The van der Waals surface area contributed by atoms with Gasteiger partial charge in [0.2, 0.25) is 0 Å². The Labute approximate surface area is 123 Å². The van der Waals surface area contributed by atoms with Crippen molar-refractivity contribution in [3.8, 4) is 5.75 Å². The van der Waals surface area contributed by atoms with Crippen LogP contribution in [0.15, 0.2) is 42.7 Å². The van der Waals surface area contributed by atoms with E-state index in [4.69, 9.17) is 0 Å². The van der Waals surface area contributed by atoms with Crippen LogP contribution in [-0.4, -0.2) is 18.1 Å². The summed E-state index contributed by atoms with van der Waals surface area (Å²) in [5.41, 5.74) is 2.98. The molecule has 0 radical (unpaired) electrons. The van der Waals surface area contributed by atoms with Gasteiger partial charge in [0, 0.05) is 12.4 Å². The van der Waals surface area contributed by atoms with E-state index in [9.17, 15) is 8.78 Å². The second kappa shape index (κ2) is 7.13. The molecule has 1 heterocycles. The predicted octanol–water partition coefficient (Wildman–Crippen LogP) is 3.69. The molecule has 0 spiro atoms. The van der Waals surface area contributed by atoms with E-state index in [1.54, 1.807) is 24.5 Å². The minimum Gasteiger partial charge on any atom is -0.435 e. The summed E-state index contributed by atoms with van der Waals surface area (Å²) < 4.78 is 29.2. The van der Waals surface area contributed by atoms with Crippen LogP contribution < -0.4 is 10.1 Å². The lowest BCUT2D eigenvalue weighted by Gasteiger charge is -2.21. The van der Waals surface area contributed by atoms with Crippen molar-refractivity contribution in [3.05, 3.63) is 59.4 Å². The fourth-order valence-electron chi connectivity index (χ4n) is 2.26. The molecule has 0 aliphatic heterocycles. The third-order valence-corrected chi connectivity index (χ3v) is 3.22. The van der Waals surface area contributed by atoms with Gasteiger partial charge < -0.3 is 10.1 Å². The lowest BCUT2D eigenvalue weighted by molar-refractivity contribution is -0.0498. The lowest BCUT2D eigenvalue weighted by atomic mass is 9.96. The molecule has 1 atom stereocenters. The molecular weight excluding hydrogens is 274 g/mol. The number of nitrogens with zero attached hydrogens (tertiary/aromatic N) is 1. The van der Waals surface area contributed by atoms with Crippen LogP contribution in [0.3, 0.4) is 0 Å². The van der Waals surface area contributed by atoms with Gasteiger partial charge in [-0.3, -0.25) is 4.98 Å². The first-order valence-electron chi connectivity index (χ1n) is 6.80. The zero-order valence-corrected chi connectivity index (χ0v) is 12.0. The molecule has 0 saturated heterocycles. The first-order valence-corrected chi connectivity index (χ1v) is 6.80. The number of hydrogen-bond donors (Lipinski definition) is 1. The van der Waals surface area contributed by atoms with Crippen molar-refractivity contribution in [3.63, 3.8) is 0 Å². The summed E-state index contributed by atoms with van der Waals surface area (Å²) in [6.07, 6.45) is 3.53. The highest BCUT2D eigenvalue weighted by Crippen LogP contribution is 2.27. The number of aryl methyl sites for hydroxylation is 1. The second-order valence-corrected chi connectivity index (χ2v) is 4.67. The number of hydrogen-bond acceptors (Lipinski definition) is 3. The zero-order valence-electron chi connectivity index (χ0n) is 12.0. The molecule has 2 aromatic rings. The minimum absolute atomic E-state index is 0.107. The average Bonchev–Trinajstić information content (AvgIpc) is 2.45. The topological polar surface area (TPSA) is 34.1 Å². The van der Waals surface area contributed by atoms with Crippen LogP contribution in [0.2, 0.25) is 0 Å². The standard InChI is InChI=1S/C16H18F2N2O/c1-3-20-15(14-10-19-8-7-11(14)2)12-5-4-6-13(9-12)21-16(17)18/h4-10,15-16,20H,3H2,1-2H3. The van der Waals surface area contributed by atoms with E-state index in [0.717, 1.165) is 23.2 Å². The first-order chi connectivity index (χ1) is 10.1. The molecule has 1 N–H and O–H groups in total. The summed E-state index contributed by atoms with van der Waals surface area (Å²) >= 11 is 0. The number of ether oxygens (including phenoxy) is 1. The van der Waals surface area contributed by atoms with Crippen LogP contribution in [0, 0.1) is 6.92 Å². The quantitative estimate of drug-likeness (QED) is 0.881. The van der Waals surface area contributed by atoms with Gasteiger partial charge in [0.1, 0.15) is 5.75 Å². The maximum atomic E-state index is 12.3. The fourth-order valence-corrected chi connectivity index (χ4v) is 2.26. The Hall–Kier alpha value is -2.01. The predicted molar refractivity (Wildman–Crippen MR) is 77.6 cm³/mol. The summed E-state index contributed by atoms with van der Waals surface area (Å²) in [5, 5.41) is 3.35. The molecule has 0 aliphatic rings. The Kier molecular flexibility index (Phi) is 5.22.